The summed E-state index contributed by atoms with van der Waals surface area (Å²) in [7, 11) is 0. The van der Waals surface area contributed by atoms with Gasteiger partial charge in [0.25, 0.3) is 0 Å². The Morgan fingerprint density at radius 1 is 1.26 bits per heavy atom. The van der Waals surface area contributed by atoms with Crippen LogP contribution in [0, 0.1) is 13.8 Å². The molecular weight excluding hydrogens is 447 g/mol. The van der Waals surface area contributed by atoms with Crippen LogP contribution in [0.2, 0.25) is 5.02 Å². The molecule has 0 bridgehead atoms. The number of hydrogen-bond acceptors (Lipinski definition) is 2. The van der Waals surface area contributed by atoms with E-state index >= 15 is 0 Å². The number of alkyl halides is 3. The topological polar surface area (TPSA) is 38.3 Å². The molecule has 0 heterocycles. The fraction of sp³-hybridized carbons (Fsp3) is 0.316. The summed E-state index contributed by atoms with van der Waals surface area (Å²) in [5.41, 5.74) is 0.607. The minimum absolute atomic E-state index is 0.0371. The van der Waals surface area contributed by atoms with Crippen LogP contribution in [0.4, 0.5) is 18.9 Å². The Morgan fingerprint density at radius 3 is 2.59 bits per heavy atom. The monoisotopic (exact) mass is 463 g/mol. The second-order valence-electron chi connectivity index (χ2n) is 5.99. The molecule has 2 rings (SSSR count). The van der Waals surface area contributed by atoms with Crippen molar-refractivity contribution in [1.29, 1.82) is 0 Å². The summed E-state index contributed by atoms with van der Waals surface area (Å²) < 4.78 is 45.2. The molecule has 0 fully saturated rings. The van der Waals surface area contributed by atoms with Crippen molar-refractivity contribution in [3.05, 3.63) is 56.5 Å². The summed E-state index contributed by atoms with van der Waals surface area (Å²) in [6.07, 6.45) is -4.13. The van der Waals surface area contributed by atoms with Gasteiger partial charge in [-0.15, -0.1) is 0 Å². The Labute approximate surface area is 169 Å². The van der Waals surface area contributed by atoms with E-state index in [0.29, 0.717) is 17.2 Å². The molecule has 2 aromatic carbocycles. The van der Waals surface area contributed by atoms with Crippen molar-refractivity contribution < 1.29 is 22.7 Å². The van der Waals surface area contributed by atoms with Gasteiger partial charge < -0.3 is 10.1 Å². The number of ether oxygens (including phenoxy) is 1. The number of carbonyl (C=O) groups is 1. The number of hydrogen-bond donors (Lipinski definition) is 1. The minimum atomic E-state index is -4.52. The molecule has 2 aromatic rings. The van der Waals surface area contributed by atoms with E-state index in [1.165, 1.54) is 18.2 Å². The van der Waals surface area contributed by atoms with Gasteiger partial charge in [0, 0.05) is 11.4 Å². The first-order chi connectivity index (χ1) is 12.6. The van der Waals surface area contributed by atoms with Crippen LogP contribution in [-0.2, 0) is 11.0 Å². The normalized spacial score (nSPS) is 11.4. The maximum Gasteiger partial charge on any atom is 0.418 e. The summed E-state index contributed by atoms with van der Waals surface area (Å²) in [5, 5.41) is 2.96. The summed E-state index contributed by atoms with van der Waals surface area (Å²) in [6, 6.07) is 6.67. The Morgan fingerprint density at radius 2 is 1.93 bits per heavy atom. The summed E-state index contributed by atoms with van der Waals surface area (Å²) >= 11 is 9.58. The summed E-state index contributed by atoms with van der Waals surface area (Å²) in [6.45, 7) is 3.96. The van der Waals surface area contributed by atoms with Gasteiger partial charge in [-0.2, -0.15) is 13.2 Å². The summed E-state index contributed by atoms with van der Waals surface area (Å²) in [5.74, 6) is 0.107. The van der Waals surface area contributed by atoms with Crippen LogP contribution in [0.1, 0.15) is 29.5 Å². The molecule has 0 aromatic heterocycles. The molecule has 0 spiro atoms. The maximum absolute atomic E-state index is 12.9. The number of nitrogens with one attached hydrogen (secondary N) is 1. The molecular formula is C19H18BrClF3NO2. The van der Waals surface area contributed by atoms with Crippen molar-refractivity contribution in [3.8, 4) is 5.75 Å². The highest BCUT2D eigenvalue weighted by atomic mass is 79.9. The molecule has 0 atom stereocenters. The number of halogens is 5. The molecule has 0 radical (unpaired) electrons. The highest BCUT2D eigenvalue weighted by molar-refractivity contribution is 9.10. The zero-order valence-corrected chi connectivity index (χ0v) is 17.1. The van der Waals surface area contributed by atoms with E-state index in [1.807, 2.05) is 13.8 Å². The highest BCUT2D eigenvalue weighted by Crippen LogP contribution is 2.36. The highest BCUT2D eigenvalue weighted by Gasteiger charge is 2.33. The van der Waals surface area contributed by atoms with E-state index in [0.717, 1.165) is 21.7 Å². The molecule has 3 nitrogen and oxygen atoms in total. The van der Waals surface area contributed by atoms with Gasteiger partial charge in [0.1, 0.15) is 5.75 Å². The Bertz CT molecular complexity index is 840. The van der Waals surface area contributed by atoms with Gasteiger partial charge in [0.15, 0.2) is 0 Å². The van der Waals surface area contributed by atoms with Gasteiger partial charge in [-0.05, 0) is 65.5 Å². The first-order valence-corrected chi connectivity index (χ1v) is 9.32. The fourth-order valence-electron chi connectivity index (χ4n) is 2.47. The number of anilines is 1. The fourth-order valence-corrected chi connectivity index (χ4v) is 3.16. The molecule has 27 heavy (non-hydrogen) atoms. The number of benzene rings is 2. The summed E-state index contributed by atoms with van der Waals surface area (Å²) in [4.78, 5) is 12.0. The standard InChI is InChI=1S/C19H18BrClF3NO2/c1-11-10-15(17(20)12(2)18(11)21)27-9-5-8-16(26)25-14-7-4-3-6-13(14)19(22,23)24/h3-4,6-7,10H,5,8-9H2,1-2H3,(H,25,26). The third kappa shape index (κ3) is 5.62. The van der Waals surface area contributed by atoms with Crippen LogP contribution in [-0.4, -0.2) is 12.5 Å². The largest absolute Gasteiger partial charge is 0.492 e. The SMILES string of the molecule is Cc1cc(OCCCC(=O)Nc2ccccc2C(F)(F)F)c(Br)c(C)c1Cl. The average molecular weight is 465 g/mol. The first-order valence-electron chi connectivity index (χ1n) is 8.15. The van der Waals surface area contributed by atoms with E-state index in [2.05, 4.69) is 21.2 Å². The number of carbonyl (C=O) groups excluding carboxylic acids is 1. The van der Waals surface area contributed by atoms with Crippen molar-refractivity contribution >= 4 is 39.1 Å². The molecule has 146 valence electrons. The predicted molar refractivity (Wildman–Crippen MR) is 103 cm³/mol. The Hall–Kier alpha value is -1.73. The Balaban J connectivity index is 1.90. The van der Waals surface area contributed by atoms with Gasteiger partial charge in [0.05, 0.1) is 22.3 Å². The van der Waals surface area contributed by atoms with Crippen LogP contribution in [0.15, 0.2) is 34.8 Å². The first kappa shape index (κ1) is 21.6. The van der Waals surface area contributed by atoms with Crippen LogP contribution in [0.3, 0.4) is 0 Å². The lowest BCUT2D eigenvalue weighted by atomic mass is 10.1. The number of rotatable bonds is 6. The number of amides is 1. The molecule has 1 N–H and O–H groups in total. The zero-order chi connectivity index (χ0) is 20.2. The van der Waals surface area contributed by atoms with Gasteiger partial charge in [-0.3, -0.25) is 4.79 Å². The lowest BCUT2D eigenvalue weighted by Gasteiger charge is -2.14. The van der Waals surface area contributed by atoms with Crippen molar-refractivity contribution in [2.45, 2.75) is 32.9 Å². The van der Waals surface area contributed by atoms with Crippen LogP contribution in [0.25, 0.3) is 0 Å². The van der Waals surface area contributed by atoms with Crippen molar-refractivity contribution in [2.75, 3.05) is 11.9 Å². The quantitative estimate of drug-likeness (QED) is 0.493. The van der Waals surface area contributed by atoms with Gasteiger partial charge in [0.2, 0.25) is 5.91 Å². The third-order valence-electron chi connectivity index (χ3n) is 3.88. The smallest absolute Gasteiger partial charge is 0.418 e. The lowest BCUT2D eigenvalue weighted by Crippen LogP contribution is -2.17. The van der Waals surface area contributed by atoms with Crippen LogP contribution < -0.4 is 10.1 Å². The van der Waals surface area contributed by atoms with Gasteiger partial charge in [-0.25, -0.2) is 0 Å². The predicted octanol–water partition coefficient (Wildman–Crippen LogP) is 6.54. The molecule has 0 aliphatic rings. The third-order valence-corrected chi connectivity index (χ3v) is 5.45. The van der Waals surface area contributed by atoms with Crippen LogP contribution in [0.5, 0.6) is 5.75 Å². The molecule has 8 heteroatoms. The minimum Gasteiger partial charge on any atom is -0.492 e. The Kier molecular flexibility index (Phi) is 7.17. The molecule has 0 unspecified atom stereocenters. The van der Waals surface area contributed by atoms with Crippen molar-refractivity contribution in [3.63, 3.8) is 0 Å². The molecule has 0 saturated heterocycles. The number of para-hydroxylation sites is 1. The second kappa shape index (κ2) is 8.97. The molecule has 0 saturated carbocycles. The van der Waals surface area contributed by atoms with Crippen molar-refractivity contribution in [2.24, 2.45) is 0 Å². The van der Waals surface area contributed by atoms with E-state index < -0.39 is 17.6 Å². The van der Waals surface area contributed by atoms with Crippen LogP contribution >= 0.6 is 27.5 Å². The average Bonchev–Trinajstić information content (AvgIpc) is 2.60. The van der Waals surface area contributed by atoms with Gasteiger partial charge >= 0.3 is 6.18 Å². The zero-order valence-electron chi connectivity index (χ0n) is 14.7. The van der Waals surface area contributed by atoms with E-state index in [-0.39, 0.29) is 18.7 Å². The van der Waals surface area contributed by atoms with E-state index in [4.69, 9.17) is 16.3 Å². The number of aryl methyl sites for hydroxylation is 1. The van der Waals surface area contributed by atoms with Crippen molar-refractivity contribution in [1.82, 2.24) is 0 Å². The second-order valence-corrected chi connectivity index (χ2v) is 7.16. The van der Waals surface area contributed by atoms with E-state index in [9.17, 15) is 18.0 Å². The lowest BCUT2D eigenvalue weighted by molar-refractivity contribution is -0.137. The molecule has 1 amide bonds. The van der Waals surface area contributed by atoms with E-state index in [1.54, 1.807) is 6.07 Å². The molecule has 0 aliphatic heterocycles. The molecule has 0 aliphatic carbocycles. The van der Waals surface area contributed by atoms with Gasteiger partial charge in [-0.1, -0.05) is 23.7 Å². The maximum atomic E-state index is 12.9.